The molecule has 0 heterocycles. The maximum atomic E-state index is 10.7. The summed E-state index contributed by atoms with van der Waals surface area (Å²) in [5, 5.41) is 2.70. The number of hydrogen-bond donors (Lipinski definition) is 1. The fourth-order valence-corrected chi connectivity index (χ4v) is 0.801. The summed E-state index contributed by atoms with van der Waals surface area (Å²) in [5.41, 5.74) is 0. The Balaban J connectivity index is 3.30. The molecule has 0 atom stereocenters. The number of methoxy groups -OCH3 is 1. The molecule has 4 nitrogen and oxygen atoms in total. The Kier molecular flexibility index (Phi) is 7.24. The lowest BCUT2D eigenvalue weighted by molar-refractivity contribution is -0.116. The predicted molar refractivity (Wildman–Crippen MR) is 52.6 cm³/mol. The second-order valence-corrected chi connectivity index (χ2v) is 2.79. The monoisotopic (exact) mass is 186 g/mol. The molecule has 0 rings (SSSR count). The van der Waals surface area contributed by atoms with E-state index < -0.39 is 0 Å². The van der Waals surface area contributed by atoms with Crippen LogP contribution in [0.5, 0.6) is 0 Å². The Labute approximate surface area is 79.6 Å². The molecule has 4 heteroatoms. The van der Waals surface area contributed by atoms with E-state index in [2.05, 4.69) is 16.8 Å². The standard InChI is InChI=1S/C9H18N2O2/c1-4-9(12)10-5-6-11(2)7-8-13-3/h4H,1,5-8H2,2-3H3,(H,10,12). The number of ether oxygens (including phenoxy) is 1. The van der Waals surface area contributed by atoms with Crippen LogP contribution in [0.15, 0.2) is 12.7 Å². The van der Waals surface area contributed by atoms with Gasteiger partial charge in [0.25, 0.3) is 0 Å². The Morgan fingerprint density at radius 1 is 1.62 bits per heavy atom. The molecule has 0 aliphatic rings. The highest BCUT2D eigenvalue weighted by Crippen LogP contribution is 1.80. The quantitative estimate of drug-likeness (QED) is 0.563. The minimum Gasteiger partial charge on any atom is -0.383 e. The van der Waals surface area contributed by atoms with Gasteiger partial charge in [-0.1, -0.05) is 6.58 Å². The van der Waals surface area contributed by atoms with Crippen LogP contribution in [-0.4, -0.2) is 51.2 Å². The second-order valence-electron chi connectivity index (χ2n) is 2.79. The van der Waals surface area contributed by atoms with Crippen molar-refractivity contribution in [1.82, 2.24) is 10.2 Å². The molecule has 13 heavy (non-hydrogen) atoms. The van der Waals surface area contributed by atoms with Crippen LogP contribution in [0.1, 0.15) is 0 Å². The zero-order chi connectivity index (χ0) is 10.1. The first-order valence-electron chi connectivity index (χ1n) is 4.28. The van der Waals surface area contributed by atoms with Gasteiger partial charge >= 0.3 is 0 Å². The lowest BCUT2D eigenvalue weighted by Gasteiger charge is -2.15. The summed E-state index contributed by atoms with van der Waals surface area (Å²) >= 11 is 0. The van der Waals surface area contributed by atoms with Crippen molar-refractivity contribution in [3.8, 4) is 0 Å². The van der Waals surface area contributed by atoms with Gasteiger partial charge in [-0.05, 0) is 13.1 Å². The minimum absolute atomic E-state index is 0.125. The maximum Gasteiger partial charge on any atom is 0.243 e. The highest BCUT2D eigenvalue weighted by Gasteiger charge is 1.97. The maximum absolute atomic E-state index is 10.7. The number of rotatable bonds is 7. The summed E-state index contributed by atoms with van der Waals surface area (Å²) in [6.07, 6.45) is 1.27. The Hall–Kier alpha value is -0.870. The first kappa shape index (κ1) is 12.1. The average Bonchev–Trinajstić information content (AvgIpc) is 2.14. The summed E-state index contributed by atoms with van der Waals surface area (Å²) in [5.74, 6) is -0.125. The van der Waals surface area contributed by atoms with Crippen LogP contribution in [0.2, 0.25) is 0 Å². The number of nitrogens with one attached hydrogen (secondary N) is 1. The molecule has 0 spiro atoms. The van der Waals surface area contributed by atoms with E-state index in [9.17, 15) is 4.79 Å². The van der Waals surface area contributed by atoms with Gasteiger partial charge in [0.05, 0.1) is 6.61 Å². The molecule has 0 aliphatic heterocycles. The minimum atomic E-state index is -0.125. The second kappa shape index (κ2) is 7.76. The average molecular weight is 186 g/mol. The summed E-state index contributed by atoms with van der Waals surface area (Å²) in [6.45, 7) is 6.42. The third-order valence-electron chi connectivity index (χ3n) is 1.66. The van der Waals surface area contributed by atoms with Gasteiger partial charge in [0.2, 0.25) is 5.91 Å². The molecule has 0 unspecified atom stereocenters. The molecule has 0 bridgehead atoms. The van der Waals surface area contributed by atoms with E-state index in [1.165, 1.54) is 6.08 Å². The topological polar surface area (TPSA) is 41.6 Å². The molecular formula is C9H18N2O2. The van der Waals surface area contributed by atoms with E-state index in [1.807, 2.05) is 7.05 Å². The van der Waals surface area contributed by atoms with Crippen molar-refractivity contribution in [3.63, 3.8) is 0 Å². The number of likely N-dealkylation sites (N-methyl/N-ethyl adjacent to an activating group) is 1. The predicted octanol–water partition coefficient (Wildman–Crippen LogP) is -0.133. The van der Waals surface area contributed by atoms with Crippen molar-refractivity contribution >= 4 is 5.91 Å². The molecule has 0 radical (unpaired) electrons. The van der Waals surface area contributed by atoms with Crippen LogP contribution in [0.3, 0.4) is 0 Å². The lowest BCUT2D eigenvalue weighted by atomic mass is 10.5. The lowest BCUT2D eigenvalue weighted by Crippen LogP contribution is -2.33. The third kappa shape index (κ3) is 7.49. The molecule has 1 N–H and O–H groups in total. The van der Waals surface area contributed by atoms with Crippen molar-refractivity contribution in [2.75, 3.05) is 40.4 Å². The normalized spacial score (nSPS) is 10.1. The first-order chi connectivity index (χ1) is 6.20. The Morgan fingerprint density at radius 3 is 2.85 bits per heavy atom. The van der Waals surface area contributed by atoms with Crippen LogP contribution >= 0.6 is 0 Å². The molecule has 76 valence electrons. The summed E-state index contributed by atoms with van der Waals surface area (Å²) < 4.78 is 4.92. The summed E-state index contributed by atoms with van der Waals surface area (Å²) in [4.78, 5) is 12.8. The van der Waals surface area contributed by atoms with Crippen LogP contribution in [0.25, 0.3) is 0 Å². The van der Waals surface area contributed by atoms with Gasteiger partial charge in [-0.25, -0.2) is 0 Å². The Bertz CT molecular complexity index is 160. The van der Waals surface area contributed by atoms with Gasteiger partial charge in [-0.15, -0.1) is 0 Å². The van der Waals surface area contributed by atoms with E-state index in [0.717, 1.165) is 13.1 Å². The zero-order valence-corrected chi connectivity index (χ0v) is 8.38. The fraction of sp³-hybridized carbons (Fsp3) is 0.667. The smallest absolute Gasteiger partial charge is 0.243 e. The molecule has 0 saturated carbocycles. The van der Waals surface area contributed by atoms with Crippen molar-refractivity contribution in [2.45, 2.75) is 0 Å². The van der Waals surface area contributed by atoms with Crippen molar-refractivity contribution in [3.05, 3.63) is 12.7 Å². The molecule has 1 amide bonds. The number of nitrogens with zero attached hydrogens (tertiary/aromatic N) is 1. The van der Waals surface area contributed by atoms with Crippen molar-refractivity contribution in [1.29, 1.82) is 0 Å². The summed E-state index contributed by atoms with van der Waals surface area (Å²) in [7, 11) is 3.66. The van der Waals surface area contributed by atoms with Gasteiger partial charge in [0, 0.05) is 26.7 Å². The van der Waals surface area contributed by atoms with E-state index in [1.54, 1.807) is 7.11 Å². The molecule has 0 saturated heterocycles. The van der Waals surface area contributed by atoms with Crippen LogP contribution in [0, 0.1) is 0 Å². The highest BCUT2D eigenvalue weighted by atomic mass is 16.5. The van der Waals surface area contributed by atoms with Gasteiger partial charge in [-0.2, -0.15) is 0 Å². The fourth-order valence-electron chi connectivity index (χ4n) is 0.801. The van der Waals surface area contributed by atoms with E-state index in [-0.39, 0.29) is 5.91 Å². The Morgan fingerprint density at radius 2 is 2.31 bits per heavy atom. The number of carbonyl (C=O) groups is 1. The molecular weight excluding hydrogens is 168 g/mol. The van der Waals surface area contributed by atoms with Crippen molar-refractivity contribution in [2.24, 2.45) is 0 Å². The molecule has 0 aromatic heterocycles. The molecule has 0 aromatic rings. The SMILES string of the molecule is C=CC(=O)NCCN(C)CCOC. The van der Waals surface area contributed by atoms with Gasteiger partial charge < -0.3 is 15.0 Å². The van der Waals surface area contributed by atoms with Gasteiger partial charge in [0.1, 0.15) is 0 Å². The molecule has 0 aromatic carbocycles. The number of hydrogen-bond acceptors (Lipinski definition) is 3. The van der Waals surface area contributed by atoms with Crippen LogP contribution in [-0.2, 0) is 9.53 Å². The third-order valence-corrected chi connectivity index (χ3v) is 1.66. The summed E-state index contributed by atoms with van der Waals surface area (Å²) in [6, 6.07) is 0. The van der Waals surface area contributed by atoms with Crippen molar-refractivity contribution < 1.29 is 9.53 Å². The van der Waals surface area contributed by atoms with Gasteiger partial charge in [0.15, 0.2) is 0 Å². The largest absolute Gasteiger partial charge is 0.383 e. The van der Waals surface area contributed by atoms with Crippen LogP contribution < -0.4 is 5.32 Å². The van der Waals surface area contributed by atoms with Gasteiger partial charge in [-0.3, -0.25) is 4.79 Å². The zero-order valence-electron chi connectivity index (χ0n) is 8.38. The molecule has 0 fully saturated rings. The first-order valence-corrected chi connectivity index (χ1v) is 4.28. The van der Waals surface area contributed by atoms with E-state index >= 15 is 0 Å². The van der Waals surface area contributed by atoms with E-state index in [4.69, 9.17) is 4.74 Å². The van der Waals surface area contributed by atoms with Crippen LogP contribution in [0.4, 0.5) is 0 Å². The number of amides is 1. The number of carbonyl (C=O) groups excluding carboxylic acids is 1. The van der Waals surface area contributed by atoms with E-state index in [0.29, 0.717) is 13.2 Å². The molecule has 0 aliphatic carbocycles. The highest BCUT2D eigenvalue weighted by molar-refractivity contribution is 5.86.